The Hall–Kier alpha value is -2.18. The van der Waals surface area contributed by atoms with Crippen molar-refractivity contribution in [3.05, 3.63) is 42.1 Å². The van der Waals surface area contributed by atoms with Gasteiger partial charge in [-0.15, -0.1) is 0 Å². The zero-order chi connectivity index (χ0) is 15.4. The minimum atomic E-state index is -0.587. The monoisotopic (exact) mass is 301 g/mol. The third-order valence-corrected chi connectivity index (χ3v) is 3.65. The van der Waals surface area contributed by atoms with E-state index in [1.165, 1.54) is 0 Å². The zero-order valence-corrected chi connectivity index (χ0v) is 12.5. The van der Waals surface area contributed by atoms with Gasteiger partial charge in [-0.2, -0.15) is 5.10 Å². The molecule has 1 fully saturated rings. The fourth-order valence-corrected chi connectivity index (χ4v) is 2.39. The average Bonchev–Trinajstić information content (AvgIpc) is 3.18. The summed E-state index contributed by atoms with van der Waals surface area (Å²) in [5.74, 6) is -0.771. The molecule has 22 heavy (non-hydrogen) atoms. The first-order valence-electron chi connectivity index (χ1n) is 7.33. The molecule has 0 aliphatic carbocycles. The maximum atomic E-state index is 12.1. The Morgan fingerprint density at radius 1 is 1.32 bits per heavy atom. The number of H-pyrrole nitrogens is 1. The number of hydrogen-bond acceptors (Lipinski definition) is 4. The van der Waals surface area contributed by atoms with Gasteiger partial charge in [0.2, 0.25) is 0 Å². The average molecular weight is 301 g/mol. The second-order valence-electron chi connectivity index (χ2n) is 5.37. The highest BCUT2D eigenvalue weighted by Crippen LogP contribution is 2.21. The lowest BCUT2D eigenvalue weighted by Gasteiger charge is -2.21. The predicted octanol–water partition coefficient (Wildman–Crippen LogP) is 1.96. The predicted molar refractivity (Wildman–Crippen MR) is 81.3 cm³/mol. The number of carbonyl (C=O) groups excluding carboxylic acids is 1. The van der Waals surface area contributed by atoms with Gasteiger partial charge in [-0.25, -0.2) is 0 Å². The fourth-order valence-electron chi connectivity index (χ4n) is 2.39. The van der Waals surface area contributed by atoms with Crippen LogP contribution in [0.2, 0.25) is 0 Å². The minimum absolute atomic E-state index is 0.184. The highest BCUT2D eigenvalue weighted by molar-refractivity contribution is 5.93. The van der Waals surface area contributed by atoms with E-state index >= 15 is 0 Å². The van der Waals surface area contributed by atoms with Crippen molar-refractivity contribution in [2.45, 2.75) is 19.1 Å². The topological polar surface area (TPSA) is 76.2 Å². The number of aromatic nitrogens is 2. The van der Waals surface area contributed by atoms with Crippen LogP contribution in [0.3, 0.4) is 0 Å². The van der Waals surface area contributed by atoms with Crippen LogP contribution < -0.4 is 5.32 Å². The van der Waals surface area contributed by atoms with E-state index in [9.17, 15) is 4.79 Å². The van der Waals surface area contributed by atoms with Crippen molar-refractivity contribution in [3.63, 3.8) is 0 Å². The minimum Gasteiger partial charge on any atom is -0.351 e. The number of rotatable bonds is 5. The number of nitrogens with one attached hydrogen (secondary N) is 2. The Labute approximate surface area is 128 Å². The molecule has 2 aromatic rings. The van der Waals surface area contributed by atoms with Gasteiger partial charge in [-0.05, 0) is 13.0 Å². The van der Waals surface area contributed by atoms with Gasteiger partial charge in [-0.1, -0.05) is 30.3 Å². The van der Waals surface area contributed by atoms with Crippen molar-refractivity contribution in [1.29, 1.82) is 0 Å². The molecule has 0 saturated carbocycles. The first-order valence-corrected chi connectivity index (χ1v) is 7.33. The van der Waals surface area contributed by atoms with Crippen LogP contribution in [0, 0.1) is 0 Å². The maximum Gasteiger partial charge on any atom is 0.269 e. The highest BCUT2D eigenvalue weighted by atomic mass is 16.7. The number of carbonyl (C=O) groups is 1. The molecular formula is C16H19N3O3. The van der Waals surface area contributed by atoms with E-state index in [-0.39, 0.29) is 5.91 Å². The van der Waals surface area contributed by atoms with Crippen molar-refractivity contribution < 1.29 is 14.3 Å². The molecule has 2 heterocycles. The van der Waals surface area contributed by atoms with Crippen molar-refractivity contribution >= 4 is 5.91 Å². The van der Waals surface area contributed by atoms with Crippen molar-refractivity contribution in [3.8, 4) is 11.3 Å². The van der Waals surface area contributed by atoms with Crippen LogP contribution in [0.4, 0.5) is 0 Å². The molecule has 116 valence electrons. The Balaban J connectivity index is 1.56. The summed E-state index contributed by atoms with van der Waals surface area (Å²) >= 11 is 0. The Bertz CT molecular complexity index is 633. The fraction of sp³-hybridized carbons (Fsp3) is 0.375. The Morgan fingerprint density at radius 3 is 2.77 bits per heavy atom. The summed E-state index contributed by atoms with van der Waals surface area (Å²) in [4.78, 5) is 12.1. The quantitative estimate of drug-likeness (QED) is 0.885. The van der Waals surface area contributed by atoms with Crippen LogP contribution in [0.5, 0.6) is 0 Å². The third-order valence-electron chi connectivity index (χ3n) is 3.65. The van der Waals surface area contributed by atoms with Crippen LogP contribution in [-0.4, -0.2) is 41.7 Å². The van der Waals surface area contributed by atoms with E-state index < -0.39 is 5.79 Å². The van der Waals surface area contributed by atoms with Crippen molar-refractivity contribution in [1.82, 2.24) is 15.5 Å². The Morgan fingerprint density at radius 2 is 2.05 bits per heavy atom. The zero-order valence-electron chi connectivity index (χ0n) is 12.5. The van der Waals surface area contributed by atoms with Crippen LogP contribution in [-0.2, 0) is 9.47 Å². The molecule has 1 aromatic heterocycles. The molecule has 1 aromatic carbocycles. The number of nitrogens with zero attached hydrogens (tertiary/aromatic N) is 1. The molecule has 1 aliphatic rings. The second kappa shape index (κ2) is 6.29. The molecule has 1 aliphatic heterocycles. The normalized spacial score (nSPS) is 16.6. The van der Waals surface area contributed by atoms with E-state index in [0.717, 1.165) is 11.3 Å². The number of ether oxygens (including phenoxy) is 2. The first-order chi connectivity index (χ1) is 10.7. The summed E-state index contributed by atoms with van der Waals surface area (Å²) in [6.45, 7) is 3.57. The standard InChI is InChI=1S/C16H19N3O3/c1-16(21-9-10-22-16)7-8-17-15(20)14-11-13(18-19-14)12-5-3-2-4-6-12/h2-6,11H,7-10H2,1H3,(H,17,20)(H,18,19). The maximum absolute atomic E-state index is 12.1. The Kier molecular flexibility index (Phi) is 4.22. The molecule has 0 atom stereocenters. The van der Waals surface area contributed by atoms with E-state index in [4.69, 9.17) is 9.47 Å². The molecule has 2 N–H and O–H groups in total. The molecular weight excluding hydrogens is 282 g/mol. The lowest BCUT2D eigenvalue weighted by Crippen LogP contribution is -2.33. The summed E-state index contributed by atoms with van der Waals surface area (Å²) in [7, 11) is 0. The lowest BCUT2D eigenvalue weighted by atomic mass is 10.1. The molecule has 6 nitrogen and oxygen atoms in total. The van der Waals surface area contributed by atoms with E-state index in [1.54, 1.807) is 6.07 Å². The van der Waals surface area contributed by atoms with Crippen molar-refractivity contribution in [2.24, 2.45) is 0 Å². The van der Waals surface area contributed by atoms with Gasteiger partial charge >= 0.3 is 0 Å². The number of aromatic amines is 1. The smallest absolute Gasteiger partial charge is 0.269 e. The first kappa shape index (κ1) is 14.7. The van der Waals surface area contributed by atoms with Crippen molar-refractivity contribution in [2.75, 3.05) is 19.8 Å². The number of amides is 1. The largest absolute Gasteiger partial charge is 0.351 e. The van der Waals surface area contributed by atoms with Gasteiger partial charge in [-0.3, -0.25) is 9.89 Å². The van der Waals surface area contributed by atoms with Gasteiger partial charge in [0, 0.05) is 18.5 Å². The van der Waals surface area contributed by atoms with E-state index in [2.05, 4.69) is 15.5 Å². The molecule has 0 unspecified atom stereocenters. The molecule has 1 amide bonds. The van der Waals surface area contributed by atoms with Crippen LogP contribution in [0.1, 0.15) is 23.8 Å². The molecule has 6 heteroatoms. The van der Waals surface area contributed by atoms with Crippen LogP contribution in [0.15, 0.2) is 36.4 Å². The number of hydrogen-bond donors (Lipinski definition) is 2. The van der Waals surface area contributed by atoms with Gasteiger partial charge in [0.25, 0.3) is 5.91 Å². The lowest BCUT2D eigenvalue weighted by molar-refractivity contribution is -0.145. The number of benzene rings is 1. The summed E-state index contributed by atoms with van der Waals surface area (Å²) in [6.07, 6.45) is 0.610. The van der Waals surface area contributed by atoms with Gasteiger partial charge in [0.1, 0.15) is 5.69 Å². The van der Waals surface area contributed by atoms with Gasteiger partial charge < -0.3 is 14.8 Å². The van der Waals surface area contributed by atoms with Gasteiger partial charge in [0.05, 0.1) is 18.9 Å². The summed E-state index contributed by atoms with van der Waals surface area (Å²) in [5, 5.41) is 9.78. The molecule has 0 radical (unpaired) electrons. The molecule has 3 rings (SSSR count). The van der Waals surface area contributed by atoms with E-state index in [0.29, 0.717) is 31.9 Å². The highest BCUT2D eigenvalue weighted by Gasteiger charge is 2.30. The summed E-state index contributed by atoms with van der Waals surface area (Å²) < 4.78 is 11.0. The van der Waals surface area contributed by atoms with E-state index in [1.807, 2.05) is 37.3 Å². The molecule has 0 spiro atoms. The SMILES string of the molecule is CC1(CCNC(=O)c2cc(-c3ccccc3)n[nH]2)OCCO1. The summed E-state index contributed by atoms with van der Waals surface area (Å²) in [6, 6.07) is 11.5. The summed E-state index contributed by atoms with van der Waals surface area (Å²) in [5.41, 5.74) is 2.16. The van der Waals surface area contributed by atoms with Crippen LogP contribution in [0.25, 0.3) is 11.3 Å². The molecule has 1 saturated heterocycles. The van der Waals surface area contributed by atoms with Crippen LogP contribution >= 0.6 is 0 Å². The second-order valence-corrected chi connectivity index (χ2v) is 5.37. The van der Waals surface area contributed by atoms with Gasteiger partial charge in [0.15, 0.2) is 5.79 Å². The molecule has 0 bridgehead atoms. The third kappa shape index (κ3) is 3.35.